The van der Waals surface area contributed by atoms with Crippen LogP contribution in [0.5, 0.6) is 0 Å². The summed E-state index contributed by atoms with van der Waals surface area (Å²) in [6.45, 7) is 4.92. The molecule has 0 atom stereocenters. The molecular weight excluding hydrogens is 338 g/mol. The van der Waals surface area contributed by atoms with E-state index in [1.807, 2.05) is 41.8 Å². The minimum Gasteiger partial charge on any atom is -0.317 e. The summed E-state index contributed by atoms with van der Waals surface area (Å²) < 4.78 is 3.43. The van der Waals surface area contributed by atoms with E-state index in [4.69, 9.17) is 5.10 Å². The van der Waals surface area contributed by atoms with Crippen molar-refractivity contribution < 1.29 is 0 Å². The Labute approximate surface area is 158 Å². The maximum absolute atomic E-state index is 13.2. The zero-order chi connectivity index (χ0) is 18.6. The summed E-state index contributed by atoms with van der Waals surface area (Å²) in [6.07, 6.45) is 3.78. The summed E-state index contributed by atoms with van der Waals surface area (Å²) in [7, 11) is 0. The zero-order valence-corrected chi connectivity index (χ0v) is 15.6. The molecule has 140 valence electrons. The predicted octanol–water partition coefficient (Wildman–Crippen LogP) is 2.31. The second kappa shape index (κ2) is 7.88. The summed E-state index contributed by atoms with van der Waals surface area (Å²) >= 11 is 0. The molecule has 0 unspecified atom stereocenters. The third-order valence-corrected chi connectivity index (χ3v) is 5.26. The lowest BCUT2D eigenvalue weighted by Gasteiger charge is -2.22. The van der Waals surface area contributed by atoms with Gasteiger partial charge in [0, 0.05) is 12.1 Å². The molecule has 1 aliphatic heterocycles. The van der Waals surface area contributed by atoms with E-state index >= 15 is 0 Å². The van der Waals surface area contributed by atoms with Crippen molar-refractivity contribution in [2.24, 2.45) is 0 Å². The van der Waals surface area contributed by atoms with Gasteiger partial charge < -0.3 is 5.32 Å². The summed E-state index contributed by atoms with van der Waals surface area (Å²) in [5.41, 5.74) is 3.02. The monoisotopic (exact) mass is 363 g/mol. The second-order valence-corrected chi connectivity index (χ2v) is 7.16. The van der Waals surface area contributed by atoms with Crippen LogP contribution >= 0.6 is 0 Å². The van der Waals surface area contributed by atoms with E-state index in [0.29, 0.717) is 19.0 Å². The Bertz CT molecular complexity index is 954. The maximum Gasteiger partial charge on any atom is 0.346 e. The van der Waals surface area contributed by atoms with E-state index < -0.39 is 0 Å². The van der Waals surface area contributed by atoms with Crippen molar-refractivity contribution in [1.82, 2.24) is 24.6 Å². The Balaban J connectivity index is 1.72. The van der Waals surface area contributed by atoms with Crippen molar-refractivity contribution in [3.05, 3.63) is 81.8 Å². The lowest BCUT2D eigenvalue weighted by atomic mass is 9.97. The minimum atomic E-state index is -0.0579. The van der Waals surface area contributed by atoms with Gasteiger partial charge >= 0.3 is 5.69 Å². The average Bonchev–Trinajstić information content (AvgIpc) is 3.01. The van der Waals surface area contributed by atoms with Crippen LogP contribution in [0.3, 0.4) is 0 Å². The van der Waals surface area contributed by atoms with E-state index in [1.165, 1.54) is 0 Å². The van der Waals surface area contributed by atoms with Gasteiger partial charge in [-0.1, -0.05) is 36.4 Å². The first-order chi connectivity index (χ1) is 13.2. The van der Waals surface area contributed by atoms with Gasteiger partial charge in [-0.25, -0.2) is 9.48 Å². The van der Waals surface area contributed by atoms with Gasteiger partial charge in [0.1, 0.15) is 5.82 Å². The summed E-state index contributed by atoms with van der Waals surface area (Å²) in [6, 6.07) is 14.0. The Morgan fingerprint density at radius 3 is 2.59 bits per heavy atom. The first-order valence-electron chi connectivity index (χ1n) is 9.55. The molecule has 0 bridgehead atoms. The van der Waals surface area contributed by atoms with Crippen molar-refractivity contribution in [1.29, 1.82) is 0 Å². The van der Waals surface area contributed by atoms with E-state index in [2.05, 4.69) is 22.4 Å². The van der Waals surface area contributed by atoms with Crippen LogP contribution in [0.25, 0.3) is 0 Å². The van der Waals surface area contributed by atoms with Gasteiger partial charge in [0.25, 0.3) is 0 Å². The van der Waals surface area contributed by atoms with Gasteiger partial charge in [0.2, 0.25) is 0 Å². The fourth-order valence-electron chi connectivity index (χ4n) is 3.68. The van der Waals surface area contributed by atoms with Crippen LogP contribution in [-0.4, -0.2) is 32.4 Å². The van der Waals surface area contributed by atoms with Gasteiger partial charge in [-0.15, -0.1) is 0 Å². The van der Waals surface area contributed by atoms with E-state index in [0.717, 1.165) is 48.6 Å². The van der Waals surface area contributed by atoms with Crippen molar-refractivity contribution in [3.63, 3.8) is 0 Å². The van der Waals surface area contributed by atoms with Crippen LogP contribution in [-0.2, 0) is 13.1 Å². The van der Waals surface area contributed by atoms with Crippen LogP contribution in [0, 0.1) is 6.92 Å². The number of aromatic nitrogens is 4. The normalized spacial score (nSPS) is 15.1. The number of aryl methyl sites for hydroxylation is 1. The van der Waals surface area contributed by atoms with Gasteiger partial charge in [0.05, 0.1) is 18.8 Å². The maximum atomic E-state index is 13.2. The smallest absolute Gasteiger partial charge is 0.317 e. The van der Waals surface area contributed by atoms with Crippen molar-refractivity contribution in [2.45, 2.75) is 38.8 Å². The molecule has 1 saturated heterocycles. The van der Waals surface area contributed by atoms with E-state index in [-0.39, 0.29) is 5.69 Å². The third-order valence-electron chi connectivity index (χ3n) is 5.26. The fourth-order valence-corrected chi connectivity index (χ4v) is 3.68. The molecule has 3 aromatic rings. The lowest BCUT2D eigenvalue weighted by Crippen LogP contribution is -2.30. The average molecular weight is 363 g/mol. The number of pyridine rings is 1. The number of rotatable bonds is 5. The van der Waals surface area contributed by atoms with Crippen LogP contribution in [0.15, 0.2) is 53.5 Å². The van der Waals surface area contributed by atoms with Gasteiger partial charge in [-0.3, -0.25) is 9.55 Å². The predicted molar refractivity (Wildman–Crippen MR) is 105 cm³/mol. The molecule has 0 radical (unpaired) electrons. The number of hydrogen-bond donors (Lipinski definition) is 1. The van der Waals surface area contributed by atoms with Gasteiger partial charge in [-0.05, 0) is 50.0 Å². The van der Waals surface area contributed by atoms with Crippen molar-refractivity contribution in [2.75, 3.05) is 13.1 Å². The molecule has 6 nitrogen and oxygen atoms in total. The summed E-state index contributed by atoms with van der Waals surface area (Å²) in [5, 5.41) is 8.16. The standard InChI is InChI=1S/C21H25N5O/c1-16-6-5-11-23-19(16)15-26-21(27)25(14-17-7-3-2-4-8-17)20(24-26)18-9-12-22-13-10-18/h2-8,11,18,22H,9-10,12-15H2,1H3. The van der Waals surface area contributed by atoms with E-state index in [1.54, 1.807) is 10.9 Å². The van der Waals surface area contributed by atoms with Crippen LogP contribution in [0.4, 0.5) is 0 Å². The SMILES string of the molecule is Cc1cccnc1Cn1nc(C2CCNCC2)n(Cc2ccccc2)c1=O. The molecule has 1 aliphatic rings. The highest BCUT2D eigenvalue weighted by atomic mass is 16.2. The van der Waals surface area contributed by atoms with Crippen LogP contribution in [0.2, 0.25) is 0 Å². The lowest BCUT2D eigenvalue weighted by molar-refractivity contribution is 0.430. The molecule has 1 N–H and O–H groups in total. The molecule has 6 heteroatoms. The number of piperidine rings is 1. The number of hydrogen-bond acceptors (Lipinski definition) is 4. The molecule has 0 spiro atoms. The summed E-state index contributed by atoms with van der Waals surface area (Å²) in [4.78, 5) is 17.6. The van der Waals surface area contributed by atoms with Gasteiger partial charge in [0.15, 0.2) is 0 Å². The highest BCUT2D eigenvalue weighted by molar-refractivity contribution is 5.19. The molecule has 0 aliphatic carbocycles. The molecule has 1 aromatic carbocycles. The quantitative estimate of drug-likeness (QED) is 0.756. The number of nitrogens with one attached hydrogen (secondary N) is 1. The minimum absolute atomic E-state index is 0.0579. The Kier molecular flexibility index (Phi) is 5.16. The largest absolute Gasteiger partial charge is 0.346 e. The molecule has 3 heterocycles. The molecule has 2 aromatic heterocycles. The number of nitrogens with zero attached hydrogens (tertiary/aromatic N) is 4. The number of benzene rings is 1. The van der Waals surface area contributed by atoms with Crippen molar-refractivity contribution in [3.8, 4) is 0 Å². The van der Waals surface area contributed by atoms with Crippen LogP contribution < -0.4 is 11.0 Å². The third kappa shape index (κ3) is 3.85. The zero-order valence-electron chi connectivity index (χ0n) is 15.6. The molecule has 27 heavy (non-hydrogen) atoms. The van der Waals surface area contributed by atoms with Gasteiger partial charge in [-0.2, -0.15) is 5.10 Å². The second-order valence-electron chi connectivity index (χ2n) is 7.16. The van der Waals surface area contributed by atoms with Crippen molar-refractivity contribution >= 4 is 0 Å². The first kappa shape index (κ1) is 17.7. The molecule has 0 saturated carbocycles. The summed E-state index contributed by atoms with van der Waals surface area (Å²) in [5.74, 6) is 1.22. The fraction of sp³-hybridized carbons (Fsp3) is 0.381. The van der Waals surface area contributed by atoms with Crippen LogP contribution in [0.1, 0.15) is 41.4 Å². The topological polar surface area (TPSA) is 64.7 Å². The highest BCUT2D eigenvalue weighted by Gasteiger charge is 2.24. The molecule has 0 amide bonds. The Hall–Kier alpha value is -2.73. The molecule has 1 fully saturated rings. The first-order valence-corrected chi connectivity index (χ1v) is 9.55. The Morgan fingerprint density at radius 1 is 1.07 bits per heavy atom. The molecule has 4 rings (SSSR count). The van der Waals surface area contributed by atoms with E-state index in [9.17, 15) is 4.79 Å². The Morgan fingerprint density at radius 2 is 1.85 bits per heavy atom. The highest BCUT2D eigenvalue weighted by Crippen LogP contribution is 2.23. The molecular formula is C21H25N5O.